The standard InChI is InChI=1S/C36H32F3N3O3/c1-20(2)28-17-26(40-6)18-31-33(28)45-35(42-31)25-11-9-24(10-12-25)34(43)41-19-23-8-13-27(30(16-23)36(37,38)39)29-15-22(5)7-14-32(29)44-21(3)4/h7-18,20-21H,19H2,1-5H3,(H,41,43). The van der Waals surface area contributed by atoms with Gasteiger partial charge in [-0.05, 0) is 98.0 Å². The number of nitrogens with zero attached hydrogens (tertiary/aromatic N) is 2. The quantitative estimate of drug-likeness (QED) is 0.177. The highest BCUT2D eigenvalue weighted by atomic mass is 19.4. The van der Waals surface area contributed by atoms with Crippen LogP contribution in [0.1, 0.15) is 66.2 Å². The van der Waals surface area contributed by atoms with Crippen molar-refractivity contribution < 1.29 is 27.1 Å². The molecule has 0 atom stereocenters. The van der Waals surface area contributed by atoms with E-state index in [4.69, 9.17) is 15.7 Å². The lowest BCUT2D eigenvalue weighted by molar-refractivity contribution is -0.137. The smallest absolute Gasteiger partial charge is 0.417 e. The number of carbonyl (C=O) groups is 1. The summed E-state index contributed by atoms with van der Waals surface area (Å²) in [6.45, 7) is 16.8. The summed E-state index contributed by atoms with van der Waals surface area (Å²) in [7, 11) is 0. The zero-order valence-electron chi connectivity index (χ0n) is 25.5. The van der Waals surface area contributed by atoms with Crippen molar-refractivity contribution >= 4 is 22.7 Å². The summed E-state index contributed by atoms with van der Waals surface area (Å²) in [5.74, 6) is 0.420. The molecule has 1 aromatic heterocycles. The maximum Gasteiger partial charge on any atom is 0.417 e. The first-order chi connectivity index (χ1) is 21.3. The first-order valence-electron chi connectivity index (χ1n) is 14.5. The van der Waals surface area contributed by atoms with Crippen molar-refractivity contribution in [1.82, 2.24) is 10.3 Å². The molecule has 0 unspecified atom stereocenters. The van der Waals surface area contributed by atoms with Crippen molar-refractivity contribution in [2.24, 2.45) is 0 Å². The van der Waals surface area contributed by atoms with E-state index in [0.717, 1.165) is 17.2 Å². The highest BCUT2D eigenvalue weighted by Crippen LogP contribution is 2.41. The number of amides is 1. The molecule has 0 aliphatic carbocycles. The number of nitrogens with one attached hydrogen (secondary N) is 1. The van der Waals surface area contributed by atoms with Crippen LogP contribution in [0.4, 0.5) is 18.9 Å². The van der Waals surface area contributed by atoms with Crippen LogP contribution in [0.25, 0.3) is 38.5 Å². The van der Waals surface area contributed by atoms with Gasteiger partial charge in [0.2, 0.25) is 5.89 Å². The fourth-order valence-corrected chi connectivity index (χ4v) is 5.09. The first-order valence-corrected chi connectivity index (χ1v) is 14.5. The Balaban J connectivity index is 1.35. The van der Waals surface area contributed by atoms with Gasteiger partial charge in [-0.1, -0.05) is 37.6 Å². The molecule has 4 aromatic carbocycles. The number of aromatic nitrogens is 1. The summed E-state index contributed by atoms with van der Waals surface area (Å²) in [5.41, 5.74) is 4.22. The monoisotopic (exact) mass is 611 g/mol. The Kier molecular flexibility index (Phi) is 8.69. The molecule has 0 radical (unpaired) electrons. The molecule has 5 rings (SSSR count). The number of benzene rings is 4. The predicted molar refractivity (Wildman–Crippen MR) is 168 cm³/mol. The van der Waals surface area contributed by atoms with Gasteiger partial charge in [0.15, 0.2) is 11.3 Å². The molecule has 1 N–H and O–H groups in total. The van der Waals surface area contributed by atoms with Crippen LogP contribution in [0.5, 0.6) is 5.75 Å². The molecule has 0 saturated carbocycles. The molecule has 5 aromatic rings. The molecule has 6 nitrogen and oxygen atoms in total. The van der Waals surface area contributed by atoms with E-state index in [-0.39, 0.29) is 24.1 Å². The fraction of sp³-hybridized carbons (Fsp3) is 0.250. The number of rotatable bonds is 8. The lowest BCUT2D eigenvalue weighted by Gasteiger charge is -2.19. The summed E-state index contributed by atoms with van der Waals surface area (Å²) in [5, 5.41) is 2.71. The molecule has 0 saturated heterocycles. The second kappa shape index (κ2) is 12.5. The third-order valence-electron chi connectivity index (χ3n) is 7.28. The van der Waals surface area contributed by atoms with E-state index in [9.17, 15) is 18.0 Å². The van der Waals surface area contributed by atoms with Crippen molar-refractivity contribution in [3.8, 4) is 28.3 Å². The van der Waals surface area contributed by atoms with Gasteiger partial charge in [0.25, 0.3) is 5.91 Å². The highest BCUT2D eigenvalue weighted by Gasteiger charge is 2.34. The molecule has 0 bridgehead atoms. The predicted octanol–water partition coefficient (Wildman–Crippen LogP) is 9.88. The number of fused-ring (bicyclic) bond motifs is 1. The minimum atomic E-state index is -4.62. The SMILES string of the molecule is [C-]#[N+]c1cc(C(C)C)c2oc(-c3ccc(C(=O)NCc4ccc(-c5cc(C)ccc5OC(C)C)c(C(F)(F)F)c4)cc3)nc2c1. The normalized spacial score (nSPS) is 11.7. The fourth-order valence-electron chi connectivity index (χ4n) is 5.09. The maximum absolute atomic E-state index is 14.3. The van der Waals surface area contributed by atoms with Gasteiger partial charge in [0.05, 0.1) is 23.8 Å². The van der Waals surface area contributed by atoms with Crippen LogP contribution in [-0.4, -0.2) is 17.0 Å². The summed E-state index contributed by atoms with van der Waals surface area (Å²) >= 11 is 0. The molecule has 0 aliphatic rings. The minimum absolute atomic E-state index is 0.0116. The van der Waals surface area contributed by atoms with Gasteiger partial charge in [-0.2, -0.15) is 13.2 Å². The number of hydrogen-bond donors (Lipinski definition) is 1. The Bertz CT molecular complexity index is 1920. The summed E-state index contributed by atoms with van der Waals surface area (Å²) in [6, 6.07) is 19.3. The minimum Gasteiger partial charge on any atom is -0.490 e. The first kappa shape index (κ1) is 31.3. The molecule has 0 spiro atoms. The zero-order valence-corrected chi connectivity index (χ0v) is 25.5. The van der Waals surface area contributed by atoms with Gasteiger partial charge in [-0.3, -0.25) is 4.79 Å². The van der Waals surface area contributed by atoms with Crippen molar-refractivity contribution in [1.29, 1.82) is 0 Å². The van der Waals surface area contributed by atoms with E-state index in [1.165, 1.54) is 6.07 Å². The van der Waals surface area contributed by atoms with E-state index in [1.54, 1.807) is 60.7 Å². The van der Waals surface area contributed by atoms with Gasteiger partial charge < -0.3 is 14.5 Å². The molecule has 1 heterocycles. The second-order valence-corrected chi connectivity index (χ2v) is 11.5. The summed E-state index contributed by atoms with van der Waals surface area (Å²) < 4.78 is 54.7. The molecule has 9 heteroatoms. The number of alkyl halides is 3. The van der Waals surface area contributed by atoms with E-state index < -0.39 is 17.6 Å². The number of halogens is 3. The second-order valence-electron chi connectivity index (χ2n) is 11.5. The van der Waals surface area contributed by atoms with E-state index in [2.05, 4.69) is 15.1 Å². The van der Waals surface area contributed by atoms with Crippen LogP contribution >= 0.6 is 0 Å². The number of carbonyl (C=O) groups excluding carboxylic acids is 1. The third kappa shape index (κ3) is 6.86. The molecule has 1 amide bonds. The molecule has 230 valence electrons. The Labute approximate surface area is 259 Å². The zero-order chi connectivity index (χ0) is 32.5. The Morgan fingerprint density at radius 2 is 1.71 bits per heavy atom. The molecular formula is C36H32F3N3O3. The van der Waals surface area contributed by atoms with Crippen LogP contribution < -0.4 is 10.1 Å². The lowest BCUT2D eigenvalue weighted by atomic mass is 9.95. The molecular weight excluding hydrogens is 579 g/mol. The number of aryl methyl sites for hydroxylation is 1. The average Bonchev–Trinajstić information content (AvgIpc) is 3.43. The lowest BCUT2D eigenvalue weighted by Crippen LogP contribution is -2.23. The van der Waals surface area contributed by atoms with Crippen LogP contribution in [0.15, 0.2) is 77.2 Å². The van der Waals surface area contributed by atoms with Crippen LogP contribution in [0, 0.1) is 13.5 Å². The summed E-state index contributed by atoms with van der Waals surface area (Å²) in [4.78, 5) is 21.0. The van der Waals surface area contributed by atoms with Crippen LogP contribution in [-0.2, 0) is 12.7 Å². The van der Waals surface area contributed by atoms with E-state index in [1.807, 2.05) is 34.6 Å². The topological polar surface area (TPSA) is 68.7 Å². The molecule has 45 heavy (non-hydrogen) atoms. The van der Waals surface area contributed by atoms with Gasteiger partial charge >= 0.3 is 6.18 Å². The number of ether oxygens (including phenoxy) is 1. The van der Waals surface area contributed by atoms with Gasteiger partial charge in [-0.15, -0.1) is 0 Å². The van der Waals surface area contributed by atoms with E-state index in [0.29, 0.717) is 50.7 Å². The van der Waals surface area contributed by atoms with Crippen molar-refractivity contribution in [2.75, 3.05) is 0 Å². The van der Waals surface area contributed by atoms with Gasteiger partial charge in [0, 0.05) is 23.2 Å². The summed E-state index contributed by atoms with van der Waals surface area (Å²) in [6.07, 6.45) is -4.84. The van der Waals surface area contributed by atoms with Crippen molar-refractivity contribution in [3.63, 3.8) is 0 Å². The van der Waals surface area contributed by atoms with E-state index >= 15 is 0 Å². The molecule has 0 fully saturated rings. The largest absolute Gasteiger partial charge is 0.490 e. The number of oxazole rings is 1. The van der Waals surface area contributed by atoms with Crippen LogP contribution in [0.2, 0.25) is 0 Å². The maximum atomic E-state index is 14.3. The third-order valence-corrected chi connectivity index (χ3v) is 7.28. The van der Waals surface area contributed by atoms with Crippen molar-refractivity contribution in [2.45, 2.75) is 59.4 Å². The number of hydrogen-bond acceptors (Lipinski definition) is 4. The van der Waals surface area contributed by atoms with Crippen molar-refractivity contribution in [3.05, 3.63) is 112 Å². The highest BCUT2D eigenvalue weighted by molar-refractivity contribution is 5.94. The Morgan fingerprint density at radius 1 is 0.978 bits per heavy atom. The van der Waals surface area contributed by atoms with Crippen LogP contribution in [0.3, 0.4) is 0 Å². The average molecular weight is 612 g/mol. The Morgan fingerprint density at radius 3 is 2.36 bits per heavy atom. The van der Waals surface area contributed by atoms with Gasteiger partial charge in [0.1, 0.15) is 5.75 Å². The Hall–Kier alpha value is -5.10. The molecule has 0 aliphatic heterocycles. The van der Waals surface area contributed by atoms with Gasteiger partial charge in [-0.25, -0.2) is 9.83 Å².